The van der Waals surface area contributed by atoms with Crippen LogP contribution in [0.25, 0.3) is 0 Å². The molecule has 0 aliphatic carbocycles. The lowest BCUT2D eigenvalue weighted by Crippen LogP contribution is -2.30. The fourth-order valence-corrected chi connectivity index (χ4v) is 0.413. The SMILES string of the molecule is COC(=O)C=CC(=O)N(C)C(=O)O. The molecule has 6 nitrogen and oxygen atoms in total. The first-order valence-electron chi connectivity index (χ1n) is 3.25. The first-order valence-corrected chi connectivity index (χ1v) is 3.25. The Morgan fingerprint density at radius 2 is 1.85 bits per heavy atom. The molecule has 0 aromatic rings. The van der Waals surface area contributed by atoms with Crippen molar-refractivity contribution in [1.29, 1.82) is 0 Å². The lowest BCUT2D eigenvalue weighted by Gasteiger charge is -2.06. The Kier molecular flexibility index (Phi) is 4.21. The van der Waals surface area contributed by atoms with E-state index in [1.54, 1.807) is 0 Å². The molecule has 2 amide bonds. The minimum atomic E-state index is -1.39. The predicted octanol–water partition coefficient (Wildman–Crippen LogP) is -0.148. The molecule has 72 valence electrons. The van der Waals surface area contributed by atoms with E-state index >= 15 is 0 Å². The van der Waals surface area contributed by atoms with Crippen LogP contribution in [0.2, 0.25) is 0 Å². The number of imide groups is 1. The van der Waals surface area contributed by atoms with Crippen LogP contribution in [0.3, 0.4) is 0 Å². The molecular weight excluding hydrogens is 178 g/mol. The predicted molar refractivity (Wildman–Crippen MR) is 42.0 cm³/mol. The van der Waals surface area contributed by atoms with Crippen molar-refractivity contribution in [3.8, 4) is 0 Å². The maximum Gasteiger partial charge on any atom is 0.414 e. The fourth-order valence-electron chi connectivity index (χ4n) is 0.413. The third kappa shape index (κ3) is 3.90. The van der Waals surface area contributed by atoms with E-state index in [9.17, 15) is 14.4 Å². The number of likely N-dealkylation sites (N-methyl/N-ethyl adjacent to an activating group) is 1. The minimum absolute atomic E-state index is 0.444. The summed E-state index contributed by atoms with van der Waals surface area (Å²) in [5.74, 6) is -1.52. The van der Waals surface area contributed by atoms with Gasteiger partial charge in [0.25, 0.3) is 5.91 Å². The Bertz CT molecular complexity index is 258. The van der Waals surface area contributed by atoms with Crippen LogP contribution in [0.1, 0.15) is 0 Å². The highest BCUT2D eigenvalue weighted by Crippen LogP contribution is 1.88. The van der Waals surface area contributed by atoms with Crippen molar-refractivity contribution in [3.05, 3.63) is 12.2 Å². The van der Waals surface area contributed by atoms with E-state index in [1.165, 1.54) is 0 Å². The standard InChI is InChI=1S/C7H9NO5/c1-8(7(11)12)5(9)3-4-6(10)13-2/h3-4H,1-2H3,(H,11,12). The molecule has 0 aromatic heterocycles. The third-order valence-corrected chi connectivity index (χ3v) is 1.18. The van der Waals surface area contributed by atoms with Crippen molar-refractivity contribution < 1.29 is 24.2 Å². The third-order valence-electron chi connectivity index (χ3n) is 1.18. The van der Waals surface area contributed by atoms with Gasteiger partial charge in [-0.05, 0) is 0 Å². The van der Waals surface area contributed by atoms with Crippen LogP contribution in [-0.2, 0) is 14.3 Å². The van der Waals surface area contributed by atoms with Gasteiger partial charge in [0.1, 0.15) is 0 Å². The van der Waals surface area contributed by atoms with E-state index in [4.69, 9.17) is 5.11 Å². The van der Waals surface area contributed by atoms with Crippen LogP contribution in [0.15, 0.2) is 12.2 Å². The number of nitrogens with zero attached hydrogens (tertiary/aromatic N) is 1. The second-order valence-electron chi connectivity index (χ2n) is 2.04. The van der Waals surface area contributed by atoms with Gasteiger partial charge in [-0.1, -0.05) is 0 Å². The van der Waals surface area contributed by atoms with E-state index in [0.717, 1.165) is 26.3 Å². The Labute approximate surface area is 74.4 Å². The molecule has 0 aromatic carbocycles. The summed E-state index contributed by atoms with van der Waals surface area (Å²) in [6.07, 6.45) is 0.279. The number of carboxylic acid groups (broad SMARTS) is 1. The molecule has 0 heterocycles. The van der Waals surface area contributed by atoms with Crippen LogP contribution >= 0.6 is 0 Å². The van der Waals surface area contributed by atoms with Gasteiger partial charge in [0, 0.05) is 19.2 Å². The zero-order chi connectivity index (χ0) is 10.4. The second kappa shape index (κ2) is 4.91. The van der Waals surface area contributed by atoms with Gasteiger partial charge in [0.15, 0.2) is 0 Å². The van der Waals surface area contributed by atoms with Crippen LogP contribution in [-0.4, -0.2) is 42.1 Å². The van der Waals surface area contributed by atoms with Gasteiger partial charge in [-0.25, -0.2) is 14.5 Å². The highest BCUT2D eigenvalue weighted by Gasteiger charge is 2.11. The summed E-state index contributed by atoms with van der Waals surface area (Å²) < 4.78 is 4.20. The van der Waals surface area contributed by atoms with Crippen molar-refractivity contribution in [2.75, 3.05) is 14.2 Å². The molecule has 0 fully saturated rings. The van der Waals surface area contributed by atoms with Crippen molar-refractivity contribution >= 4 is 18.0 Å². The molecule has 0 saturated heterocycles. The monoisotopic (exact) mass is 187 g/mol. The number of ether oxygens (including phenoxy) is 1. The molecule has 0 spiro atoms. The highest BCUT2D eigenvalue weighted by molar-refractivity contribution is 6.00. The number of hydrogen-bond acceptors (Lipinski definition) is 4. The Morgan fingerprint density at radius 3 is 2.23 bits per heavy atom. The summed E-state index contributed by atoms with van der Waals surface area (Å²) in [5.41, 5.74) is 0. The van der Waals surface area contributed by atoms with Crippen molar-refractivity contribution in [3.63, 3.8) is 0 Å². The summed E-state index contributed by atoms with van der Waals surface area (Å²) in [7, 11) is 2.23. The number of carbonyl (C=O) groups excluding carboxylic acids is 2. The molecule has 13 heavy (non-hydrogen) atoms. The van der Waals surface area contributed by atoms with Crippen molar-refractivity contribution in [2.24, 2.45) is 0 Å². The Morgan fingerprint density at radius 1 is 1.31 bits per heavy atom. The zero-order valence-electron chi connectivity index (χ0n) is 7.18. The van der Waals surface area contributed by atoms with Gasteiger partial charge in [0.05, 0.1) is 7.11 Å². The topological polar surface area (TPSA) is 83.9 Å². The maximum absolute atomic E-state index is 10.9. The normalized spacial score (nSPS) is 9.69. The second-order valence-corrected chi connectivity index (χ2v) is 2.04. The van der Waals surface area contributed by atoms with Gasteiger partial charge in [-0.15, -0.1) is 0 Å². The van der Waals surface area contributed by atoms with E-state index < -0.39 is 18.0 Å². The number of hydrogen-bond donors (Lipinski definition) is 1. The van der Waals surface area contributed by atoms with Gasteiger partial charge in [-0.2, -0.15) is 0 Å². The number of carbonyl (C=O) groups is 3. The number of amides is 2. The average molecular weight is 187 g/mol. The van der Waals surface area contributed by atoms with E-state index in [1.807, 2.05) is 0 Å². The summed E-state index contributed by atoms with van der Waals surface area (Å²) in [4.78, 5) is 32.0. The summed E-state index contributed by atoms with van der Waals surface area (Å²) in [6.45, 7) is 0. The lowest BCUT2D eigenvalue weighted by molar-refractivity contribution is -0.135. The van der Waals surface area contributed by atoms with Crippen LogP contribution in [0, 0.1) is 0 Å². The smallest absolute Gasteiger partial charge is 0.414 e. The highest BCUT2D eigenvalue weighted by atomic mass is 16.5. The van der Waals surface area contributed by atoms with Crippen LogP contribution in [0.5, 0.6) is 0 Å². The molecule has 0 radical (unpaired) electrons. The number of esters is 1. The molecule has 0 atom stereocenters. The van der Waals surface area contributed by atoms with E-state index in [-0.39, 0.29) is 0 Å². The fraction of sp³-hybridized carbons (Fsp3) is 0.286. The van der Waals surface area contributed by atoms with Gasteiger partial charge in [0.2, 0.25) is 0 Å². The molecule has 0 rings (SSSR count). The zero-order valence-corrected chi connectivity index (χ0v) is 7.18. The molecule has 1 N–H and O–H groups in total. The van der Waals surface area contributed by atoms with Crippen LogP contribution < -0.4 is 0 Å². The lowest BCUT2D eigenvalue weighted by atomic mass is 10.4. The van der Waals surface area contributed by atoms with E-state index in [0.29, 0.717) is 4.90 Å². The molecule has 0 aliphatic heterocycles. The van der Waals surface area contributed by atoms with E-state index in [2.05, 4.69) is 4.74 Å². The van der Waals surface area contributed by atoms with Crippen LogP contribution in [0.4, 0.5) is 4.79 Å². The summed E-state index contributed by atoms with van der Waals surface area (Å²) >= 11 is 0. The molecular formula is C7H9NO5. The first-order chi connectivity index (χ1) is 5.99. The molecule has 0 aliphatic rings. The Hall–Kier alpha value is -1.85. The van der Waals surface area contributed by atoms with Gasteiger partial charge >= 0.3 is 12.1 Å². The maximum atomic E-state index is 10.9. The van der Waals surface area contributed by atoms with Gasteiger partial charge < -0.3 is 9.84 Å². The number of methoxy groups -OCH3 is 1. The average Bonchev–Trinajstić information content (AvgIpc) is 2.11. The van der Waals surface area contributed by atoms with Crippen molar-refractivity contribution in [2.45, 2.75) is 0 Å². The number of rotatable bonds is 2. The van der Waals surface area contributed by atoms with Gasteiger partial charge in [-0.3, -0.25) is 4.79 Å². The largest absolute Gasteiger partial charge is 0.466 e. The first kappa shape index (κ1) is 11.2. The Balaban J connectivity index is 4.23. The quantitative estimate of drug-likeness (QED) is 0.480. The molecule has 0 unspecified atom stereocenters. The minimum Gasteiger partial charge on any atom is -0.466 e. The molecule has 6 heteroatoms. The molecule has 0 saturated carbocycles. The van der Waals surface area contributed by atoms with Crippen molar-refractivity contribution in [1.82, 2.24) is 4.90 Å². The summed E-state index contributed by atoms with van der Waals surface area (Å²) in [5, 5.41) is 8.33. The molecule has 0 bridgehead atoms. The summed E-state index contributed by atoms with van der Waals surface area (Å²) in [6, 6.07) is 0.